The molecule has 0 heterocycles. The lowest BCUT2D eigenvalue weighted by Crippen LogP contribution is -2.49. The van der Waals surface area contributed by atoms with Gasteiger partial charge in [-0.05, 0) is 37.0 Å². The number of nitrogens with zero attached hydrogens (tertiary/aromatic N) is 1. The van der Waals surface area contributed by atoms with E-state index in [1.807, 2.05) is 6.92 Å². The highest BCUT2D eigenvalue weighted by Gasteiger charge is 2.49. The summed E-state index contributed by atoms with van der Waals surface area (Å²) in [5.74, 6) is -0.281. The molecule has 0 aromatic carbocycles. The quantitative estimate of drug-likeness (QED) is 0.721. The molecule has 0 bridgehead atoms. The standard InChI is InChI=1S/C13H23NO/c1-10(6-14)13(15)8-11(2,3)7-12(4,5)9-13/h10,15H,7-9H2,1-5H3. The first kappa shape index (κ1) is 12.5. The molecule has 2 heteroatoms. The molecule has 0 saturated heterocycles. The summed E-state index contributed by atoms with van der Waals surface area (Å²) in [6.07, 6.45) is 2.58. The van der Waals surface area contributed by atoms with Crippen molar-refractivity contribution in [2.75, 3.05) is 0 Å². The third kappa shape index (κ3) is 2.72. The van der Waals surface area contributed by atoms with Gasteiger partial charge in [-0.2, -0.15) is 5.26 Å². The Labute approximate surface area is 93.3 Å². The summed E-state index contributed by atoms with van der Waals surface area (Å²) in [6, 6.07) is 2.20. The molecule has 1 aliphatic rings. The minimum absolute atomic E-state index is 0.127. The van der Waals surface area contributed by atoms with E-state index in [2.05, 4.69) is 33.8 Å². The van der Waals surface area contributed by atoms with Gasteiger partial charge in [0.2, 0.25) is 0 Å². The van der Waals surface area contributed by atoms with Crippen LogP contribution in [-0.2, 0) is 0 Å². The zero-order valence-electron chi connectivity index (χ0n) is 10.6. The van der Waals surface area contributed by atoms with Crippen molar-refractivity contribution in [1.82, 2.24) is 0 Å². The van der Waals surface area contributed by atoms with Crippen LogP contribution in [0, 0.1) is 28.1 Å². The average molecular weight is 209 g/mol. The Morgan fingerprint density at radius 3 is 1.80 bits per heavy atom. The van der Waals surface area contributed by atoms with Gasteiger partial charge >= 0.3 is 0 Å². The third-order valence-corrected chi connectivity index (χ3v) is 3.53. The molecule has 1 saturated carbocycles. The Morgan fingerprint density at radius 2 is 1.47 bits per heavy atom. The van der Waals surface area contributed by atoms with Crippen molar-refractivity contribution in [2.45, 2.75) is 59.5 Å². The molecule has 0 amide bonds. The van der Waals surface area contributed by atoms with E-state index in [9.17, 15) is 5.11 Å². The maximum atomic E-state index is 10.6. The highest BCUT2D eigenvalue weighted by molar-refractivity contribution is 5.05. The van der Waals surface area contributed by atoms with Gasteiger partial charge in [0.15, 0.2) is 0 Å². The van der Waals surface area contributed by atoms with Crippen LogP contribution < -0.4 is 0 Å². The van der Waals surface area contributed by atoms with Crippen LogP contribution in [0.15, 0.2) is 0 Å². The van der Waals surface area contributed by atoms with E-state index in [1.54, 1.807) is 0 Å². The minimum atomic E-state index is -0.806. The largest absolute Gasteiger partial charge is 0.388 e. The van der Waals surface area contributed by atoms with Crippen LogP contribution in [0.4, 0.5) is 0 Å². The van der Waals surface area contributed by atoms with E-state index in [4.69, 9.17) is 5.26 Å². The van der Waals surface area contributed by atoms with Crippen molar-refractivity contribution in [1.29, 1.82) is 5.26 Å². The van der Waals surface area contributed by atoms with Crippen molar-refractivity contribution in [3.8, 4) is 6.07 Å². The van der Waals surface area contributed by atoms with Gasteiger partial charge in [-0.25, -0.2) is 0 Å². The lowest BCUT2D eigenvalue weighted by Gasteiger charge is -2.50. The first-order chi connectivity index (χ1) is 6.60. The molecule has 0 spiro atoms. The highest BCUT2D eigenvalue weighted by atomic mass is 16.3. The molecule has 0 aromatic heterocycles. The van der Waals surface area contributed by atoms with E-state index in [0.717, 1.165) is 19.3 Å². The van der Waals surface area contributed by atoms with Crippen LogP contribution in [0.25, 0.3) is 0 Å². The Bertz CT molecular complexity index is 269. The number of aliphatic hydroxyl groups is 1. The van der Waals surface area contributed by atoms with E-state index >= 15 is 0 Å². The first-order valence-corrected chi connectivity index (χ1v) is 5.72. The van der Waals surface area contributed by atoms with Gasteiger partial charge in [-0.15, -0.1) is 0 Å². The van der Waals surface area contributed by atoms with E-state index < -0.39 is 5.60 Å². The summed E-state index contributed by atoms with van der Waals surface area (Å²) in [7, 11) is 0. The highest BCUT2D eigenvalue weighted by Crippen LogP contribution is 2.52. The zero-order valence-corrected chi connectivity index (χ0v) is 10.6. The second-order valence-electron chi connectivity index (χ2n) is 6.81. The van der Waals surface area contributed by atoms with Crippen LogP contribution >= 0.6 is 0 Å². The molecule has 1 N–H and O–H groups in total. The van der Waals surface area contributed by atoms with Gasteiger partial charge < -0.3 is 5.11 Å². The smallest absolute Gasteiger partial charge is 0.0812 e. The maximum Gasteiger partial charge on any atom is 0.0812 e. The molecule has 1 unspecified atom stereocenters. The molecule has 1 atom stereocenters. The molecular formula is C13H23NO. The number of rotatable bonds is 1. The predicted molar refractivity (Wildman–Crippen MR) is 61.1 cm³/mol. The second kappa shape index (κ2) is 3.49. The van der Waals surface area contributed by atoms with Crippen molar-refractivity contribution in [3.05, 3.63) is 0 Å². The topological polar surface area (TPSA) is 44.0 Å². The fourth-order valence-corrected chi connectivity index (χ4v) is 3.57. The normalized spacial score (nSPS) is 29.1. The molecule has 15 heavy (non-hydrogen) atoms. The first-order valence-electron chi connectivity index (χ1n) is 5.72. The molecule has 1 rings (SSSR count). The Balaban J connectivity index is 2.98. The molecule has 0 aromatic rings. The monoisotopic (exact) mass is 209 g/mol. The van der Waals surface area contributed by atoms with Crippen LogP contribution in [0.2, 0.25) is 0 Å². The lowest BCUT2D eigenvalue weighted by atomic mass is 9.57. The van der Waals surface area contributed by atoms with Gasteiger partial charge in [0.05, 0.1) is 17.6 Å². The van der Waals surface area contributed by atoms with Crippen LogP contribution in [0.1, 0.15) is 53.9 Å². The van der Waals surface area contributed by atoms with Crippen LogP contribution in [-0.4, -0.2) is 10.7 Å². The van der Waals surface area contributed by atoms with Crippen LogP contribution in [0.3, 0.4) is 0 Å². The molecule has 0 radical (unpaired) electrons. The summed E-state index contributed by atoms with van der Waals surface area (Å²) in [5, 5.41) is 19.6. The number of hydrogen-bond donors (Lipinski definition) is 1. The third-order valence-electron chi connectivity index (χ3n) is 3.53. The Hall–Kier alpha value is -0.550. The molecule has 86 valence electrons. The fourth-order valence-electron chi connectivity index (χ4n) is 3.57. The number of hydrogen-bond acceptors (Lipinski definition) is 2. The van der Waals surface area contributed by atoms with Gasteiger partial charge in [0.25, 0.3) is 0 Å². The Kier molecular flexibility index (Phi) is 2.91. The summed E-state index contributed by atoms with van der Waals surface area (Å²) in [6.45, 7) is 10.6. The van der Waals surface area contributed by atoms with E-state index in [1.165, 1.54) is 0 Å². The molecule has 2 nitrogen and oxygen atoms in total. The van der Waals surface area contributed by atoms with Crippen molar-refractivity contribution in [2.24, 2.45) is 16.7 Å². The fraction of sp³-hybridized carbons (Fsp3) is 0.923. The average Bonchev–Trinajstić information content (AvgIpc) is 1.95. The zero-order chi connectivity index (χ0) is 11.9. The van der Waals surface area contributed by atoms with Gasteiger partial charge in [-0.3, -0.25) is 0 Å². The summed E-state index contributed by atoms with van der Waals surface area (Å²) in [5.41, 5.74) is -0.552. The molecule has 0 aliphatic heterocycles. The van der Waals surface area contributed by atoms with Gasteiger partial charge in [0.1, 0.15) is 0 Å². The SMILES string of the molecule is CC(C#N)C1(O)CC(C)(C)CC(C)(C)C1. The Morgan fingerprint density at radius 1 is 1.07 bits per heavy atom. The molecule has 1 fully saturated rings. The van der Waals surface area contributed by atoms with E-state index in [-0.39, 0.29) is 16.7 Å². The minimum Gasteiger partial charge on any atom is -0.388 e. The van der Waals surface area contributed by atoms with Crippen LogP contribution in [0.5, 0.6) is 0 Å². The summed E-state index contributed by atoms with van der Waals surface area (Å²) >= 11 is 0. The lowest BCUT2D eigenvalue weighted by molar-refractivity contribution is -0.105. The number of nitriles is 1. The summed E-state index contributed by atoms with van der Waals surface area (Å²) in [4.78, 5) is 0. The predicted octanol–water partition coefficient (Wildman–Crippen LogP) is 3.11. The molecule has 1 aliphatic carbocycles. The second-order valence-corrected chi connectivity index (χ2v) is 6.81. The van der Waals surface area contributed by atoms with Crippen molar-refractivity contribution < 1.29 is 5.11 Å². The van der Waals surface area contributed by atoms with Gasteiger partial charge in [0, 0.05) is 0 Å². The van der Waals surface area contributed by atoms with Crippen molar-refractivity contribution >= 4 is 0 Å². The van der Waals surface area contributed by atoms with Crippen molar-refractivity contribution in [3.63, 3.8) is 0 Å². The molecular weight excluding hydrogens is 186 g/mol. The summed E-state index contributed by atoms with van der Waals surface area (Å²) < 4.78 is 0. The maximum absolute atomic E-state index is 10.6. The van der Waals surface area contributed by atoms with E-state index in [0.29, 0.717) is 0 Å². The van der Waals surface area contributed by atoms with Gasteiger partial charge in [-0.1, -0.05) is 27.7 Å².